The van der Waals surface area contributed by atoms with Gasteiger partial charge >= 0.3 is 11.9 Å². The van der Waals surface area contributed by atoms with Crippen LogP contribution in [-0.2, 0) is 17.5 Å². The van der Waals surface area contributed by atoms with E-state index < -0.39 is 29.0 Å². The molecular weight excluding hydrogens is 303 g/mol. The Bertz CT molecular complexity index is 805. The van der Waals surface area contributed by atoms with Crippen LogP contribution in [0.1, 0.15) is 28.4 Å². The van der Waals surface area contributed by atoms with Gasteiger partial charge in [0, 0.05) is 0 Å². The molecule has 1 N–H and O–H groups in total. The van der Waals surface area contributed by atoms with Crippen LogP contribution in [0.25, 0.3) is 0 Å². The minimum atomic E-state index is -4.43. The Kier molecular flexibility index (Phi) is 3.40. The third kappa shape index (κ3) is 2.57. The molecular formula is C14H10F3NO4. The number of halogens is 3. The second-order valence-corrected chi connectivity index (χ2v) is 4.87. The summed E-state index contributed by atoms with van der Waals surface area (Å²) in [6.07, 6.45) is -4.43. The molecule has 116 valence electrons. The summed E-state index contributed by atoms with van der Waals surface area (Å²) in [4.78, 5) is 25.0. The van der Waals surface area contributed by atoms with Gasteiger partial charge in [-0.3, -0.25) is 9.78 Å². The fraction of sp³-hybridized carbons (Fsp3) is 0.286. The van der Waals surface area contributed by atoms with E-state index in [1.165, 1.54) is 12.1 Å². The summed E-state index contributed by atoms with van der Waals surface area (Å²) in [5.41, 5.74) is -0.734. The molecule has 1 aromatic heterocycles. The van der Waals surface area contributed by atoms with E-state index in [9.17, 15) is 22.8 Å². The summed E-state index contributed by atoms with van der Waals surface area (Å²) in [6, 6.07) is 4.45. The summed E-state index contributed by atoms with van der Waals surface area (Å²) < 4.78 is 48.0. The van der Waals surface area contributed by atoms with Gasteiger partial charge in [-0.2, -0.15) is 13.2 Å². The first-order valence-corrected chi connectivity index (χ1v) is 6.37. The third-order valence-corrected chi connectivity index (χ3v) is 3.48. The van der Waals surface area contributed by atoms with E-state index in [1.807, 2.05) is 4.98 Å². The van der Waals surface area contributed by atoms with Gasteiger partial charge in [0.25, 0.3) is 5.56 Å². The molecule has 1 unspecified atom stereocenters. The van der Waals surface area contributed by atoms with E-state index in [1.54, 1.807) is 0 Å². The number of rotatable bonds is 1. The Hall–Kier alpha value is -2.35. The second-order valence-electron chi connectivity index (χ2n) is 4.87. The Morgan fingerprint density at radius 2 is 1.82 bits per heavy atom. The van der Waals surface area contributed by atoms with Crippen LogP contribution in [-0.4, -0.2) is 11.6 Å². The Morgan fingerprint density at radius 3 is 2.45 bits per heavy atom. The van der Waals surface area contributed by atoms with Crippen LogP contribution in [0.5, 0.6) is 0 Å². The molecule has 0 fully saturated rings. The maximum atomic E-state index is 12.6. The maximum Gasteiger partial charge on any atom is 0.419 e. The minimum Gasteiger partial charge on any atom is -0.413 e. The van der Waals surface area contributed by atoms with Crippen molar-refractivity contribution in [2.75, 3.05) is 6.61 Å². The third-order valence-electron chi connectivity index (χ3n) is 3.48. The van der Waals surface area contributed by atoms with Gasteiger partial charge in [0.05, 0.1) is 30.3 Å². The maximum absolute atomic E-state index is 12.6. The molecule has 1 aliphatic rings. The van der Waals surface area contributed by atoms with Crippen molar-refractivity contribution < 1.29 is 22.3 Å². The molecule has 0 radical (unpaired) electrons. The van der Waals surface area contributed by atoms with Crippen molar-refractivity contribution in [3.8, 4) is 0 Å². The highest BCUT2D eigenvalue weighted by molar-refractivity contribution is 5.34. The van der Waals surface area contributed by atoms with E-state index in [0.717, 1.165) is 12.1 Å². The van der Waals surface area contributed by atoms with Gasteiger partial charge in [-0.05, 0) is 17.7 Å². The van der Waals surface area contributed by atoms with Gasteiger partial charge in [-0.25, -0.2) is 4.79 Å². The van der Waals surface area contributed by atoms with Gasteiger partial charge in [-0.1, -0.05) is 12.1 Å². The van der Waals surface area contributed by atoms with Crippen LogP contribution in [0.4, 0.5) is 13.2 Å². The van der Waals surface area contributed by atoms with E-state index in [-0.39, 0.29) is 24.5 Å². The van der Waals surface area contributed by atoms with Crippen LogP contribution < -0.4 is 11.3 Å². The first kappa shape index (κ1) is 14.6. The Morgan fingerprint density at radius 1 is 1.14 bits per heavy atom. The largest absolute Gasteiger partial charge is 0.419 e. The lowest BCUT2D eigenvalue weighted by molar-refractivity contribution is -0.137. The van der Waals surface area contributed by atoms with Crippen molar-refractivity contribution >= 4 is 0 Å². The van der Waals surface area contributed by atoms with Gasteiger partial charge in [0.2, 0.25) is 0 Å². The molecule has 0 saturated carbocycles. The number of H-pyrrole nitrogens is 1. The summed E-state index contributed by atoms with van der Waals surface area (Å²) in [5.74, 6) is -1.36. The Labute approximate surface area is 121 Å². The number of aromatic nitrogens is 1. The fourth-order valence-electron chi connectivity index (χ4n) is 2.39. The average molecular weight is 313 g/mol. The number of aromatic amines is 1. The molecule has 0 bridgehead atoms. The normalized spacial score (nSPS) is 18.0. The quantitative estimate of drug-likeness (QED) is 0.874. The monoisotopic (exact) mass is 313 g/mol. The highest BCUT2D eigenvalue weighted by atomic mass is 19.4. The summed E-state index contributed by atoms with van der Waals surface area (Å²) in [6.45, 7) is 0.107. The molecule has 0 amide bonds. The highest BCUT2D eigenvalue weighted by Gasteiger charge is 2.32. The second kappa shape index (κ2) is 5.13. The van der Waals surface area contributed by atoms with Gasteiger partial charge in [-0.15, -0.1) is 0 Å². The number of ether oxygens (including phenoxy) is 1. The van der Waals surface area contributed by atoms with Crippen molar-refractivity contribution in [2.45, 2.75) is 18.7 Å². The van der Waals surface area contributed by atoms with Crippen LogP contribution in [0.2, 0.25) is 0 Å². The fourth-order valence-corrected chi connectivity index (χ4v) is 2.39. The SMILES string of the molecule is O=c1[nH]c(=O)c2c(o1)C(c1ccc(C(F)(F)F)cc1)COC2. The van der Waals surface area contributed by atoms with Gasteiger partial charge < -0.3 is 9.15 Å². The standard InChI is InChI=1S/C14H10F3NO4/c15-14(16,17)8-3-1-7(2-4-8)9-5-21-6-10-11(9)22-13(20)18-12(10)19/h1-4,9H,5-6H2,(H,18,19,20). The topological polar surface area (TPSA) is 72.3 Å². The van der Waals surface area contributed by atoms with Gasteiger partial charge in [0.15, 0.2) is 0 Å². The summed E-state index contributed by atoms with van der Waals surface area (Å²) >= 11 is 0. The smallest absolute Gasteiger partial charge is 0.413 e. The molecule has 0 saturated heterocycles. The number of hydrogen-bond acceptors (Lipinski definition) is 4. The molecule has 2 aromatic rings. The van der Waals surface area contributed by atoms with Crippen LogP contribution >= 0.6 is 0 Å². The van der Waals surface area contributed by atoms with Gasteiger partial charge in [0.1, 0.15) is 5.76 Å². The van der Waals surface area contributed by atoms with Crippen molar-refractivity contribution in [1.29, 1.82) is 0 Å². The molecule has 0 spiro atoms. The first-order chi connectivity index (χ1) is 10.4. The van der Waals surface area contributed by atoms with Crippen molar-refractivity contribution in [3.63, 3.8) is 0 Å². The van der Waals surface area contributed by atoms with E-state index in [0.29, 0.717) is 5.56 Å². The first-order valence-electron chi connectivity index (χ1n) is 6.37. The van der Waals surface area contributed by atoms with Crippen LogP contribution in [0, 0.1) is 0 Å². The van der Waals surface area contributed by atoms with E-state index in [4.69, 9.17) is 9.15 Å². The van der Waals surface area contributed by atoms with Crippen LogP contribution in [0.15, 0.2) is 38.3 Å². The lowest BCUT2D eigenvalue weighted by atomic mass is 9.92. The number of hydrogen-bond donors (Lipinski definition) is 1. The molecule has 0 aliphatic carbocycles. The number of fused-ring (bicyclic) bond motifs is 1. The van der Waals surface area contributed by atoms with E-state index >= 15 is 0 Å². The molecule has 1 aliphatic heterocycles. The predicted octanol–water partition coefficient (Wildman–Crippen LogP) is 2.01. The zero-order valence-corrected chi connectivity index (χ0v) is 11.1. The number of alkyl halides is 3. The van der Waals surface area contributed by atoms with Crippen molar-refractivity contribution in [2.24, 2.45) is 0 Å². The lowest BCUT2D eigenvalue weighted by Gasteiger charge is -2.23. The Balaban J connectivity index is 2.05. The predicted molar refractivity (Wildman–Crippen MR) is 68.5 cm³/mol. The highest BCUT2D eigenvalue weighted by Crippen LogP contribution is 2.33. The zero-order valence-electron chi connectivity index (χ0n) is 11.1. The zero-order chi connectivity index (χ0) is 15.9. The molecule has 5 nitrogen and oxygen atoms in total. The van der Waals surface area contributed by atoms with Crippen molar-refractivity contribution in [3.05, 3.63) is 67.6 Å². The summed E-state index contributed by atoms with van der Waals surface area (Å²) in [5, 5.41) is 0. The summed E-state index contributed by atoms with van der Waals surface area (Å²) in [7, 11) is 0. The molecule has 1 aromatic carbocycles. The minimum absolute atomic E-state index is 0.00835. The molecule has 1 atom stereocenters. The van der Waals surface area contributed by atoms with Crippen molar-refractivity contribution in [1.82, 2.24) is 4.98 Å². The molecule has 2 heterocycles. The number of nitrogens with one attached hydrogen (secondary N) is 1. The number of benzene rings is 1. The molecule has 8 heteroatoms. The van der Waals surface area contributed by atoms with Crippen LogP contribution in [0.3, 0.4) is 0 Å². The average Bonchev–Trinajstić information content (AvgIpc) is 2.46. The molecule has 3 rings (SSSR count). The lowest BCUT2D eigenvalue weighted by Crippen LogP contribution is -2.30. The van der Waals surface area contributed by atoms with E-state index in [2.05, 4.69) is 0 Å². The molecule has 22 heavy (non-hydrogen) atoms.